The normalized spacial score (nSPS) is 30.7. The summed E-state index contributed by atoms with van der Waals surface area (Å²) < 4.78 is 0. The molecule has 1 heterocycles. The lowest BCUT2D eigenvalue weighted by Gasteiger charge is -2.15. The Morgan fingerprint density at radius 1 is 1.78 bits per heavy atom. The third kappa shape index (κ3) is 1.64. The van der Waals surface area contributed by atoms with E-state index in [1.54, 1.807) is 0 Å². The minimum atomic E-state index is -0.0625. The largest absolute Gasteiger partial charge is 0.395 e. The van der Waals surface area contributed by atoms with Crippen molar-refractivity contribution in [2.45, 2.75) is 24.9 Å². The molecule has 1 fully saturated rings. The number of aliphatic hydroxyl groups is 1. The first kappa shape index (κ1) is 6.99. The Morgan fingerprint density at radius 2 is 2.56 bits per heavy atom. The van der Waals surface area contributed by atoms with Gasteiger partial charge in [-0.25, -0.2) is 0 Å². The van der Waals surface area contributed by atoms with Gasteiger partial charge in [-0.05, 0) is 19.4 Å². The predicted molar refractivity (Wildman–Crippen MR) is 36.1 cm³/mol. The lowest BCUT2D eigenvalue weighted by Crippen LogP contribution is -2.43. The first-order chi connectivity index (χ1) is 4.34. The quantitative estimate of drug-likeness (QED) is 0.452. The van der Waals surface area contributed by atoms with E-state index in [1.807, 2.05) is 0 Å². The lowest BCUT2D eigenvalue weighted by molar-refractivity contribution is 0.243. The number of nitrogens with one attached hydrogen (secondary N) is 1. The first-order valence-corrected chi connectivity index (χ1v) is 3.44. The Bertz CT molecular complexity index is 81.1. The predicted octanol–water partition coefficient (Wildman–Crippen LogP) is -0.942. The lowest BCUT2D eigenvalue weighted by atomic mass is 10.1. The second-order valence-electron chi connectivity index (χ2n) is 2.55. The highest BCUT2D eigenvalue weighted by Crippen LogP contribution is 2.06. The van der Waals surface area contributed by atoms with Gasteiger partial charge in [0.2, 0.25) is 0 Å². The van der Waals surface area contributed by atoms with Gasteiger partial charge in [-0.15, -0.1) is 0 Å². The molecule has 0 saturated carbocycles. The Labute approximate surface area is 55.2 Å². The molecule has 0 bridgehead atoms. The zero-order valence-corrected chi connectivity index (χ0v) is 5.51. The van der Waals surface area contributed by atoms with Crippen LogP contribution in [0.3, 0.4) is 0 Å². The Balaban J connectivity index is 2.24. The number of rotatable bonds is 2. The minimum Gasteiger partial charge on any atom is -0.395 e. The fourth-order valence-corrected chi connectivity index (χ4v) is 1.20. The fraction of sp³-hybridized carbons (Fsp3) is 1.00. The highest BCUT2D eigenvalue weighted by Gasteiger charge is 2.19. The van der Waals surface area contributed by atoms with Crippen molar-refractivity contribution in [3.05, 3.63) is 0 Å². The second-order valence-corrected chi connectivity index (χ2v) is 2.55. The van der Waals surface area contributed by atoms with E-state index in [0.717, 1.165) is 13.0 Å². The molecule has 0 amide bonds. The van der Waals surface area contributed by atoms with Gasteiger partial charge >= 0.3 is 0 Å². The molecule has 0 aromatic heterocycles. The maximum absolute atomic E-state index is 8.63. The third-order valence-corrected chi connectivity index (χ3v) is 1.83. The van der Waals surface area contributed by atoms with Crippen LogP contribution in [-0.4, -0.2) is 30.3 Å². The van der Waals surface area contributed by atoms with Crippen LogP contribution in [0.2, 0.25) is 0 Å². The summed E-state index contributed by atoms with van der Waals surface area (Å²) in [6, 6.07) is 0.294. The molecule has 1 aliphatic heterocycles. The molecule has 0 aromatic rings. The summed E-state index contributed by atoms with van der Waals surface area (Å²) in [6.07, 6.45) is 2.31. The summed E-state index contributed by atoms with van der Waals surface area (Å²) in [6.45, 7) is 1.15. The highest BCUT2D eigenvalue weighted by atomic mass is 16.3. The van der Waals surface area contributed by atoms with E-state index in [0.29, 0.717) is 6.04 Å². The summed E-state index contributed by atoms with van der Waals surface area (Å²) in [5, 5.41) is 11.9. The van der Waals surface area contributed by atoms with Crippen LogP contribution < -0.4 is 11.1 Å². The van der Waals surface area contributed by atoms with E-state index >= 15 is 0 Å². The molecule has 3 nitrogen and oxygen atoms in total. The monoisotopic (exact) mass is 130 g/mol. The van der Waals surface area contributed by atoms with Gasteiger partial charge in [0.1, 0.15) is 0 Å². The van der Waals surface area contributed by atoms with Crippen molar-refractivity contribution in [1.29, 1.82) is 0 Å². The number of hydrogen-bond acceptors (Lipinski definition) is 3. The zero-order chi connectivity index (χ0) is 6.69. The first-order valence-electron chi connectivity index (χ1n) is 3.44. The average Bonchev–Trinajstić information content (AvgIpc) is 2.37. The number of nitrogens with two attached hydrogens (primary N) is 1. The van der Waals surface area contributed by atoms with Crippen molar-refractivity contribution in [3.8, 4) is 0 Å². The average molecular weight is 130 g/mol. The Kier molecular flexibility index (Phi) is 2.45. The van der Waals surface area contributed by atoms with Crippen LogP contribution in [0.25, 0.3) is 0 Å². The molecule has 1 rings (SSSR count). The molecule has 54 valence electrons. The molecule has 0 aliphatic carbocycles. The highest BCUT2D eigenvalue weighted by molar-refractivity contribution is 4.83. The summed E-state index contributed by atoms with van der Waals surface area (Å²) in [5.41, 5.74) is 5.57. The van der Waals surface area contributed by atoms with Crippen LogP contribution in [0.1, 0.15) is 12.8 Å². The molecule has 1 aliphatic rings. The third-order valence-electron chi connectivity index (χ3n) is 1.83. The van der Waals surface area contributed by atoms with Crippen LogP contribution >= 0.6 is 0 Å². The van der Waals surface area contributed by atoms with Gasteiger partial charge in [0.25, 0.3) is 0 Å². The summed E-state index contributed by atoms with van der Waals surface area (Å²) >= 11 is 0. The van der Waals surface area contributed by atoms with Crippen molar-refractivity contribution in [2.75, 3.05) is 13.2 Å². The molecule has 0 aromatic carbocycles. The molecule has 2 atom stereocenters. The van der Waals surface area contributed by atoms with Crippen molar-refractivity contribution >= 4 is 0 Å². The molecular formula is C6H14N2O. The SMILES string of the molecule is NC(CO)C1CCCN1. The van der Waals surface area contributed by atoms with Gasteiger partial charge in [-0.3, -0.25) is 0 Å². The summed E-state index contributed by atoms with van der Waals surface area (Å²) in [4.78, 5) is 0. The second kappa shape index (κ2) is 3.15. The Morgan fingerprint density at radius 3 is 3.00 bits per heavy atom. The molecule has 4 N–H and O–H groups in total. The molecule has 0 radical (unpaired) electrons. The van der Waals surface area contributed by atoms with Gasteiger partial charge in [-0.1, -0.05) is 0 Å². The van der Waals surface area contributed by atoms with Gasteiger partial charge in [0.15, 0.2) is 0 Å². The maximum Gasteiger partial charge on any atom is 0.0597 e. The van der Waals surface area contributed by atoms with E-state index in [4.69, 9.17) is 10.8 Å². The Hall–Kier alpha value is -0.120. The standard InChI is InChI=1S/C6H14N2O/c7-5(4-9)6-2-1-3-8-6/h5-6,8-9H,1-4,7H2. The van der Waals surface area contributed by atoms with E-state index in [1.165, 1.54) is 6.42 Å². The van der Waals surface area contributed by atoms with Crippen LogP contribution in [0.15, 0.2) is 0 Å². The van der Waals surface area contributed by atoms with Gasteiger partial charge in [0, 0.05) is 12.1 Å². The molecule has 9 heavy (non-hydrogen) atoms. The van der Waals surface area contributed by atoms with Crippen LogP contribution in [0.4, 0.5) is 0 Å². The minimum absolute atomic E-state index is 0.0625. The van der Waals surface area contributed by atoms with Gasteiger partial charge in [-0.2, -0.15) is 0 Å². The van der Waals surface area contributed by atoms with Crippen LogP contribution in [-0.2, 0) is 0 Å². The van der Waals surface area contributed by atoms with Crippen LogP contribution in [0.5, 0.6) is 0 Å². The molecule has 2 unspecified atom stereocenters. The van der Waals surface area contributed by atoms with Gasteiger partial charge < -0.3 is 16.2 Å². The maximum atomic E-state index is 8.63. The van der Waals surface area contributed by atoms with E-state index in [-0.39, 0.29) is 12.6 Å². The van der Waals surface area contributed by atoms with E-state index < -0.39 is 0 Å². The summed E-state index contributed by atoms with van der Waals surface area (Å²) in [7, 11) is 0. The molecule has 3 heteroatoms. The topological polar surface area (TPSA) is 58.3 Å². The van der Waals surface area contributed by atoms with Crippen LogP contribution in [0, 0.1) is 0 Å². The van der Waals surface area contributed by atoms with E-state index in [2.05, 4.69) is 5.32 Å². The zero-order valence-electron chi connectivity index (χ0n) is 5.51. The number of aliphatic hydroxyl groups excluding tert-OH is 1. The number of hydrogen-bond donors (Lipinski definition) is 3. The fourth-order valence-electron chi connectivity index (χ4n) is 1.20. The molecule has 1 saturated heterocycles. The van der Waals surface area contributed by atoms with Crippen molar-refractivity contribution < 1.29 is 5.11 Å². The summed E-state index contributed by atoms with van der Waals surface area (Å²) in [5.74, 6) is 0. The van der Waals surface area contributed by atoms with Crippen molar-refractivity contribution in [1.82, 2.24) is 5.32 Å². The van der Waals surface area contributed by atoms with Crippen molar-refractivity contribution in [3.63, 3.8) is 0 Å². The smallest absolute Gasteiger partial charge is 0.0597 e. The van der Waals surface area contributed by atoms with E-state index in [9.17, 15) is 0 Å². The van der Waals surface area contributed by atoms with Crippen molar-refractivity contribution in [2.24, 2.45) is 5.73 Å². The van der Waals surface area contributed by atoms with Gasteiger partial charge in [0.05, 0.1) is 6.61 Å². The molecular weight excluding hydrogens is 116 g/mol. The molecule has 0 spiro atoms.